The summed E-state index contributed by atoms with van der Waals surface area (Å²) in [4.78, 5) is 0. The lowest BCUT2D eigenvalue weighted by molar-refractivity contribution is 0.221. The first-order valence-electron chi connectivity index (χ1n) is 5.21. The van der Waals surface area contributed by atoms with Crippen molar-refractivity contribution in [3.63, 3.8) is 0 Å². The lowest BCUT2D eigenvalue weighted by atomic mass is 9.87. The fraction of sp³-hybridized carbons (Fsp3) is 0.727. The molecule has 2 aliphatic rings. The van der Waals surface area contributed by atoms with Crippen LogP contribution < -0.4 is 0 Å². The first-order chi connectivity index (χ1) is 6.27. The molecule has 0 amide bonds. The van der Waals surface area contributed by atoms with Crippen molar-refractivity contribution in [3.8, 4) is 0 Å². The second-order valence-corrected chi connectivity index (χ2v) is 4.20. The van der Waals surface area contributed by atoms with Crippen molar-refractivity contribution >= 4 is 5.71 Å². The Bertz CT molecular complexity index is 242. The first-order valence-corrected chi connectivity index (χ1v) is 5.21. The van der Waals surface area contributed by atoms with Gasteiger partial charge >= 0.3 is 0 Å². The summed E-state index contributed by atoms with van der Waals surface area (Å²) in [5, 5.41) is 6.61. The van der Waals surface area contributed by atoms with Crippen LogP contribution in [-0.4, -0.2) is 23.8 Å². The molecule has 2 nitrogen and oxygen atoms in total. The van der Waals surface area contributed by atoms with Gasteiger partial charge in [0.25, 0.3) is 0 Å². The molecule has 2 rings (SSSR count). The van der Waals surface area contributed by atoms with Gasteiger partial charge in [0.1, 0.15) is 0 Å². The summed E-state index contributed by atoms with van der Waals surface area (Å²) in [5.74, 6) is 0.736. The van der Waals surface area contributed by atoms with Crippen LogP contribution in [0.1, 0.15) is 32.6 Å². The van der Waals surface area contributed by atoms with E-state index in [1.54, 1.807) is 0 Å². The molecule has 1 aliphatic carbocycles. The molecule has 0 N–H and O–H groups in total. The zero-order valence-electron chi connectivity index (χ0n) is 8.53. The average molecular weight is 178 g/mol. The van der Waals surface area contributed by atoms with Crippen molar-refractivity contribution in [1.29, 1.82) is 0 Å². The fourth-order valence-corrected chi connectivity index (χ4v) is 2.41. The smallest absolute Gasteiger partial charge is 0.0582 e. The van der Waals surface area contributed by atoms with E-state index in [2.05, 4.69) is 36.2 Å². The minimum absolute atomic E-state index is 0.636. The van der Waals surface area contributed by atoms with E-state index < -0.39 is 0 Å². The summed E-state index contributed by atoms with van der Waals surface area (Å²) in [5.41, 5.74) is 1.28. The normalized spacial score (nSPS) is 33.7. The molecule has 0 aromatic carbocycles. The van der Waals surface area contributed by atoms with E-state index in [-0.39, 0.29) is 0 Å². The van der Waals surface area contributed by atoms with Crippen molar-refractivity contribution in [2.45, 2.75) is 38.6 Å². The molecular weight excluding hydrogens is 160 g/mol. The number of nitrogens with zero attached hydrogens (tertiary/aromatic N) is 2. The summed E-state index contributed by atoms with van der Waals surface area (Å²) in [6, 6.07) is 0.636. The highest BCUT2D eigenvalue weighted by molar-refractivity contribution is 5.83. The Balaban J connectivity index is 2.02. The Morgan fingerprint density at radius 2 is 2.38 bits per heavy atom. The van der Waals surface area contributed by atoms with E-state index in [1.807, 2.05) is 0 Å². The van der Waals surface area contributed by atoms with Gasteiger partial charge < -0.3 is 0 Å². The summed E-state index contributed by atoms with van der Waals surface area (Å²) in [7, 11) is 2.10. The van der Waals surface area contributed by atoms with Crippen LogP contribution in [0.4, 0.5) is 0 Å². The van der Waals surface area contributed by atoms with Crippen LogP contribution in [0.3, 0.4) is 0 Å². The fourth-order valence-electron chi connectivity index (χ4n) is 2.41. The van der Waals surface area contributed by atoms with Gasteiger partial charge in [0.15, 0.2) is 0 Å². The molecule has 0 bridgehead atoms. The monoisotopic (exact) mass is 178 g/mol. The Morgan fingerprint density at radius 1 is 1.54 bits per heavy atom. The molecule has 0 radical (unpaired) electrons. The standard InChI is InChI=1S/C11H18N2/c1-9-8-11(13(2)12-9)10-6-4-3-5-7-10/h4,6,10-11H,3,5,7-8H2,1-2H3. The Hall–Kier alpha value is -0.790. The van der Waals surface area contributed by atoms with Crippen LogP contribution in [0, 0.1) is 5.92 Å². The molecule has 0 aromatic heterocycles. The highest BCUT2D eigenvalue weighted by Crippen LogP contribution is 2.28. The molecule has 1 aliphatic heterocycles. The maximum absolute atomic E-state index is 4.46. The summed E-state index contributed by atoms with van der Waals surface area (Å²) in [6.45, 7) is 2.13. The van der Waals surface area contributed by atoms with Crippen LogP contribution >= 0.6 is 0 Å². The Kier molecular flexibility index (Phi) is 2.38. The summed E-state index contributed by atoms with van der Waals surface area (Å²) < 4.78 is 0. The van der Waals surface area contributed by atoms with Crippen LogP contribution in [0.2, 0.25) is 0 Å². The van der Waals surface area contributed by atoms with Gasteiger partial charge in [-0.2, -0.15) is 5.10 Å². The molecule has 0 spiro atoms. The maximum Gasteiger partial charge on any atom is 0.0582 e. The van der Waals surface area contributed by atoms with Gasteiger partial charge in [-0.1, -0.05) is 12.2 Å². The van der Waals surface area contributed by atoms with E-state index in [4.69, 9.17) is 0 Å². The molecule has 72 valence electrons. The summed E-state index contributed by atoms with van der Waals surface area (Å²) in [6.07, 6.45) is 9.84. The third kappa shape index (κ3) is 1.77. The number of allylic oxidation sites excluding steroid dienone is 1. The molecule has 0 saturated heterocycles. The minimum Gasteiger partial charge on any atom is -0.296 e. The van der Waals surface area contributed by atoms with Crippen LogP contribution in [0.15, 0.2) is 17.3 Å². The SMILES string of the molecule is CC1=NN(C)C(C2C=CCCC2)C1. The molecule has 2 heteroatoms. The van der Waals surface area contributed by atoms with Gasteiger partial charge in [0, 0.05) is 19.2 Å². The van der Waals surface area contributed by atoms with E-state index in [0.717, 1.165) is 12.3 Å². The zero-order valence-corrected chi connectivity index (χ0v) is 8.53. The number of rotatable bonds is 1. The van der Waals surface area contributed by atoms with Gasteiger partial charge in [-0.05, 0) is 32.1 Å². The number of hydrazone groups is 1. The van der Waals surface area contributed by atoms with Crippen LogP contribution in [0.5, 0.6) is 0 Å². The third-order valence-electron chi connectivity index (χ3n) is 3.10. The lowest BCUT2D eigenvalue weighted by Gasteiger charge is -2.27. The quantitative estimate of drug-likeness (QED) is 0.563. The van der Waals surface area contributed by atoms with Crippen molar-refractivity contribution < 1.29 is 0 Å². The van der Waals surface area contributed by atoms with Gasteiger partial charge in [-0.25, -0.2) is 0 Å². The van der Waals surface area contributed by atoms with E-state index in [0.29, 0.717) is 6.04 Å². The highest BCUT2D eigenvalue weighted by Gasteiger charge is 2.28. The molecule has 13 heavy (non-hydrogen) atoms. The van der Waals surface area contributed by atoms with Crippen molar-refractivity contribution in [1.82, 2.24) is 5.01 Å². The van der Waals surface area contributed by atoms with Gasteiger partial charge in [0.05, 0.1) is 6.04 Å². The van der Waals surface area contributed by atoms with Crippen LogP contribution in [-0.2, 0) is 0 Å². The first kappa shape index (κ1) is 8.79. The third-order valence-corrected chi connectivity index (χ3v) is 3.10. The predicted octanol–water partition coefficient (Wildman–Crippen LogP) is 2.42. The lowest BCUT2D eigenvalue weighted by Crippen LogP contribution is -2.30. The molecule has 1 heterocycles. The number of hydrogen-bond acceptors (Lipinski definition) is 2. The second-order valence-electron chi connectivity index (χ2n) is 4.20. The molecular formula is C11H18N2. The average Bonchev–Trinajstić information content (AvgIpc) is 2.47. The number of hydrogen-bond donors (Lipinski definition) is 0. The van der Waals surface area contributed by atoms with Gasteiger partial charge in [-0.15, -0.1) is 0 Å². The summed E-state index contributed by atoms with van der Waals surface area (Å²) >= 11 is 0. The van der Waals surface area contributed by atoms with Crippen molar-refractivity contribution in [3.05, 3.63) is 12.2 Å². The van der Waals surface area contributed by atoms with Crippen molar-refractivity contribution in [2.75, 3.05) is 7.05 Å². The van der Waals surface area contributed by atoms with Gasteiger partial charge in [-0.3, -0.25) is 5.01 Å². The highest BCUT2D eigenvalue weighted by atomic mass is 15.5. The zero-order chi connectivity index (χ0) is 9.26. The minimum atomic E-state index is 0.636. The Labute approximate surface area is 80.3 Å². The molecule has 0 fully saturated rings. The molecule has 2 unspecified atom stereocenters. The van der Waals surface area contributed by atoms with E-state index in [9.17, 15) is 0 Å². The molecule has 0 aromatic rings. The maximum atomic E-state index is 4.46. The van der Waals surface area contributed by atoms with E-state index >= 15 is 0 Å². The van der Waals surface area contributed by atoms with Crippen molar-refractivity contribution in [2.24, 2.45) is 11.0 Å². The molecule has 0 saturated carbocycles. The second kappa shape index (κ2) is 3.52. The largest absolute Gasteiger partial charge is 0.296 e. The predicted molar refractivity (Wildman–Crippen MR) is 55.8 cm³/mol. The van der Waals surface area contributed by atoms with Gasteiger partial charge in [0.2, 0.25) is 0 Å². The Morgan fingerprint density at radius 3 is 2.92 bits per heavy atom. The van der Waals surface area contributed by atoms with Crippen LogP contribution in [0.25, 0.3) is 0 Å². The molecule has 2 atom stereocenters. The van der Waals surface area contributed by atoms with E-state index in [1.165, 1.54) is 25.0 Å². The topological polar surface area (TPSA) is 15.6 Å².